The minimum atomic E-state index is 0.238. The number of para-hydroxylation sites is 1. The van der Waals surface area contributed by atoms with E-state index in [1.165, 1.54) is 32.1 Å². The van der Waals surface area contributed by atoms with Gasteiger partial charge in [0.1, 0.15) is 0 Å². The minimum Gasteiger partial charge on any atom is -0.477 e. The molecule has 0 amide bonds. The summed E-state index contributed by atoms with van der Waals surface area (Å²) in [6.07, 6.45) is 7.46. The van der Waals surface area contributed by atoms with Crippen molar-refractivity contribution in [1.29, 1.82) is 0 Å². The van der Waals surface area contributed by atoms with Crippen molar-refractivity contribution in [3.63, 3.8) is 0 Å². The lowest BCUT2D eigenvalue weighted by Crippen LogP contribution is -2.01. The third kappa shape index (κ3) is 4.34. The predicted molar refractivity (Wildman–Crippen MR) is 83.4 cm³/mol. The van der Waals surface area contributed by atoms with E-state index in [2.05, 4.69) is 16.9 Å². The molecule has 108 valence electrons. The lowest BCUT2D eigenvalue weighted by Gasteiger charge is -2.08. The Labute approximate surface area is 125 Å². The predicted octanol–water partition coefficient (Wildman–Crippen LogP) is 5.02. The fraction of sp³-hybridized carbons (Fsp3) is 0.500. The molecule has 3 nitrogen and oxygen atoms in total. The van der Waals surface area contributed by atoms with Crippen LogP contribution in [-0.2, 0) is 0 Å². The van der Waals surface area contributed by atoms with Crippen LogP contribution in [0.25, 0.3) is 10.9 Å². The van der Waals surface area contributed by atoms with Gasteiger partial charge in [-0.25, -0.2) is 4.98 Å². The van der Waals surface area contributed by atoms with Crippen LogP contribution in [0.4, 0.5) is 0 Å². The van der Waals surface area contributed by atoms with Gasteiger partial charge >= 0.3 is 0 Å². The molecule has 0 fully saturated rings. The number of nitrogens with zero attached hydrogens (tertiary/aromatic N) is 2. The molecule has 0 saturated heterocycles. The maximum Gasteiger partial charge on any atom is 0.226 e. The summed E-state index contributed by atoms with van der Waals surface area (Å²) in [5.41, 5.74) is 0.824. The summed E-state index contributed by atoms with van der Waals surface area (Å²) in [5, 5.41) is 1.16. The molecular formula is C16H21ClN2O. The highest BCUT2D eigenvalue weighted by atomic mass is 35.5. The molecule has 20 heavy (non-hydrogen) atoms. The van der Waals surface area contributed by atoms with Crippen molar-refractivity contribution in [2.24, 2.45) is 0 Å². The van der Waals surface area contributed by atoms with Crippen LogP contribution in [0.5, 0.6) is 5.88 Å². The molecule has 2 aromatic rings. The fourth-order valence-corrected chi connectivity index (χ4v) is 2.35. The molecule has 0 atom stereocenters. The van der Waals surface area contributed by atoms with Crippen LogP contribution in [0.3, 0.4) is 0 Å². The standard InChI is InChI=1S/C16H21ClN2O/c1-2-3-4-5-6-9-12-20-15-13-10-7-8-11-14(13)18-16(17)19-15/h7-8,10-11H,2-6,9,12H2,1H3. The zero-order valence-corrected chi connectivity index (χ0v) is 12.7. The van der Waals surface area contributed by atoms with E-state index >= 15 is 0 Å². The molecule has 1 heterocycles. The van der Waals surface area contributed by atoms with Gasteiger partial charge in [-0.15, -0.1) is 0 Å². The molecule has 0 bridgehead atoms. The van der Waals surface area contributed by atoms with E-state index in [0.29, 0.717) is 12.5 Å². The van der Waals surface area contributed by atoms with E-state index in [1.807, 2.05) is 24.3 Å². The molecule has 0 saturated carbocycles. The van der Waals surface area contributed by atoms with Gasteiger partial charge in [-0.1, -0.05) is 51.2 Å². The molecule has 2 rings (SSSR count). The van der Waals surface area contributed by atoms with E-state index in [4.69, 9.17) is 16.3 Å². The Kier molecular flexibility index (Phi) is 6.06. The minimum absolute atomic E-state index is 0.238. The normalized spacial score (nSPS) is 10.9. The van der Waals surface area contributed by atoms with Crippen LogP contribution >= 0.6 is 11.6 Å². The second-order valence-corrected chi connectivity index (χ2v) is 5.27. The fourth-order valence-electron chi connectivity index (χ4n) is 2.18. The quantitative estimate of drug-likeness (QED) is 0.506. The Bertz CT molecular complexity index is 545. The summed E-state index contributed by atoms with van der Waals surface area (Å²) in [6.45, 7) is 2.91. The summed E-state index contributed by atoms with van der Waals surface area (Å²) < 4.78 is 5.77. The number of hydrogen-bond acceptors (Lipinski definition) is 3. The molecule has 0 unspecified atom stereocenters. The number of benzene rings is 1. The summed E-state index contributed by atoms with van der Waals surface area (Å²) in [6, 6.07) is 7.77. The molecule has 1 aromatic heterocycles. The van der Waals surface area contributed by atoms with Crippen LogP contribution in [0.2, 0.25) is 5.28 Å². The lowest BCUT2D eigenvalue weighted by molar-refractivity contribution is 0.296. The SMILES string of the molecule is CCCCCCCCOc1nc(Cl)nc2ccccc12. The van der Waals surface area contributed by atoms with E-state index in [0.717, 1.165) is 17.3 Å². The Morgan fingerprint density at radius 3 is 2.60 bits per heavy atom. The van der Waals surface area contributed by atoms with Gasteiger partial charge in [0.25, 0.3) is 0 Å². The number of aromatic nitrogens is 2. The van der Waals surface area contributed by atoms with Gasteiger partial charge in [0.05, 0.1) is 17.5 Å². The van der Waals surface area contributed by atoms with Crippen LogP contribution in [0.15, 0.2) is 24.3 Å². The first-order chi connectivity index (χ1) is 9.81. The number of unbranched alkanes of at least 4 members (excludes halogenated alkanes) is 5. The Morgan fingerprint density at radius 2 is 1.75 bits per heavy atom. The number of fused-ring (bicyclic) bond motifs is 1. The van der Waals surface area contributed by atoms with Crippen LogP contribution in [0, 0.1) is 0 Å². The van der Waals surface area contributed by atoms with Crippen molar-refractivity contribution in [1.82, 2.24) is 9.97 Å². The second kappa shape index (κ2) is 8.05. The molecule has 0 aliphatic rings. The molecule has 0 spiro atoms. The molecule has 0 N–H and O–H groups in total. The summed E-state index contributed by atoms with van der Waals surface area (Å²) in [5.74, 6) is 0.592. The van der Waals surface area contributed by atoms with E-state index in [-0.39, 0.29) is 5.28 Å². The lowest BCUT2D eigenvalue weighted by atomic mass is 10.1. The molecular weight excluding hydrogens is 272 g/mol. The van der Waals surface area contributed by atoms with Gasteiger partial charge in [-0.05, 0) is 30.2 Å². The van der Waals surface area contributed by atoms with Crippen molar-refractivity contribution in [3.8, 4) is 5.88 Å². The van der Waals surface area contributed by atoms with Gasteiger partial charge in [0, 0.05) is 0 Å². The van der Waals surface area contributed by atoms with Crippen LogP contribution in [-0.4, -0.2) is 16.6 Å². The third-order valence-corrected chi connectivity index (χ3v) is 3.45. The van der Waals surface area contributed by atoms with Crippen molar-refractivity contribution >= 4 is 22.5 Å². The van der Waals surface area contributed by atoms with E-state index in [9.17, 15) is 0 Å². The molecule has 0 radical (unpaired) electrons. The smallest absolute Gasteiger partial charge is 0.226 e. The number of ether oxygens (including phenoxy) is 1. The van der Waals surface area contributed by atoms with Gasteiger partial charge < -0.3 is 4.74 Å². The topological polar surface area (TPSA) is 35.0 Å². The number of halogens is 1. The average Bonchev–Trinajstić information content (AvgIpc) is 2.46. The van der Waals surface area contributed by atoms with Crippen molar-refractivity contribution in [3.05, 3.63) is 29.5 Å². The average molecular weight is 293 g/mol. The Hall–Kier alpha value is -1.35. The summed E-state index contributed by atoms with van der Waals surface area (Å²) in [4.78, 5) is 8.37. The van der Waals surface area contributed by atoms with Gasteiger partial charge in [0.2, 0.25) is 11.2 Å². The largest absolute Gasteiger partial charge is 0.477 e. The highest BCUT2D eigenvalue weighted by Gasteiger charge is 2.06. The molecule has 1 aromatic carbocycles. The monoisotopic (exact) mass is 292 g/mol. The highest BCUT2D eigenvalue weighted by Crippen LogP contribution is 2.23. The first-order valence-electron chi connectivity index (χ1n) is 7.36. The second-order valence-electron chi connectivity index (χ2n) is 4.93. The molecule has 4 heteroatoms. The molecule has 0 aliphatic heterocycles. The van der Waals surface area contributed by atoms with Crippen molar-refractivity contribution in [2.75, 3.05) is 6.61 Å². The van der Waals surface area contributed by atoms with Crippen molar-refractivity contribution in [2.45, 2.75) is 45.4 Å². The first-order valence-corrected chi connectivity index (χ1v) is 7.74. The van der Waals surface area contributed by atoms with E-state index in [1.54, 1.807) is 0 Å². The van der Waals surface area contributed by atoms with E-state index < -0.39 is 0 Å². The van der Waals surface area contributed by atoms with Crippen molar-refractivity contribution < 1.29 is 4.74 Å². The van der Waals surface area contributed by atoms with Gasteiger partial charge in [-0.3, -0.25) is 0 Å². The number of hydrogen-bond donors (Lipinski definition) is 0. The Morgan fingerprint density at radius 1 is 1.00 bits per heavy atom. The maximum absolute atomic E-state index is 5.92. The number of rotatable bonds is 8. The van der Waals surface area contributed by atoms with Gasteiger partial charge in [0.15, 0.2) is 0 Å². The third-order valence-electron chi connectivity index (χ3n) is 3.28. The first kappa shape index (κ1) is 15.0. The zero-order chi connectivity index (χ0) is 14.2. The summed E-state index contributed by atoms with van der Waals surface area (Å²) in [7, 11) is 0. The Balaban J connectivity index is 1.86. The maximum atomic E-state index is 5.92. The summed E-state index contributed by atoms with van der Waals surface area (Å²) >= 11 is 5.92. The van der Waals surface area contributed by atoms with Crippen LogP contribution in [0.1, 0.15) is 45.4 Å². The highest BCUT2D eigenvalue weighted by molar-refractivity contribution is 6.28. The van der Waals surface area contributed by atoms with Crippen LogP contribution < -0.4 is 4.74 Å². The van der Waals surface area contributed by atoms with Gasteiger partial charge in [-0.2, -0.15) is 4.98 Å². The molecule has 0 aliphatic carbocycles. The zero-order valence-electron chi connectivity index (χ0n) is 11.9.